The number of nitrogens with zero attached hydrogens (tertiary/aromatic N) is 1. The average molecular weight is 474 g/mol. The first-order valence-corrected chi connectivity index (χ1v) is 11.2. The molecule has 3 rings (SSSR count). The molecule has 5 nitrogen and oxygen atoms in total. The van der Waals surface area contributed by atoms with Gasteiger partial charge in [0.1, 0.15) is 0 Å². The van der Waals surface area contributed by atoms with E-state index in [0.717, 1.165) is 18.6 Å². The van der Waals surface area contributed by atoms with Gasteiger partial charge in [-0.15, -0.1) is 11.3 Å². The summed E-state index contributed by atoms with van der Waals surface area (Å²) in [6.07, 6.45) is -2.51. The molecule has 2 N–H and O–H groups in total. The Hall–Kier alpha value is -2.10. The third-order valence-corrected chi connectivity index (χ3v) is 6.40. The van der Waals surface area contributed by atoms with Crippen molar-refractivity contribution in [3.05, 3.63) is 51.2 Å². The van der Waals surface area contributed by atoms with Gasteiger partial charge in [-0.25, -0.2) is 0 Å². The second-order valence-corrected chi connectivity index (χ2v) is 8.85. The molecule has 0 bridgehead atoms. The lowest BCUT2D eigenvalue weighted by Crippen LogP contribution is -2.43. The van der Waals surface area contributed by atoms with Gasteiger partial charge in [0.2, 0.25) is 11.8 Å². The predicted molar refractivity (Wildman–Crippen MR) is 115 cm³/mol. The Kier molecular flexibility index (Phi) is 7.96. The van der Waals surface area contributed by atoms with Crippen LogP contribution >= 0.6 is 22.9 Å². The molecule has 1 saturated heterocycles. The highest BCUT2D eigenvalue weighted by Gasteiger charge is 2.33. The van der Waals surface area contributed by atoms with E-state index in [2.05, 4.69) is 10.6 Å². The molecule has 1 fully saturated rings. The highest BCUT2D eigenvalue weighted by atomic mass is 35.5. The van der Waals surface area contributed by atoms with Gasteiger partial charge in [-0.3, -0.25) is 14.5 Å². The molecule has 0 spiro atoms. The Morgan fingerprint density at radius 2 is 1.94 bits per heavy atom. The first-order chi connectivity index (χ1) is 14.7. The van der Waals surface area contributed by atoms with Gasteiger partial charge in [-0.2, -0.15) is 13.2 Å². The maximum atomic E-state index is 13.0. The molecule has 10 heteroatoms. The highest BCUT2D eigenvalue weighted by molar-refractivity contribution is 7.09. The van der Waals surface area contributed by atoms with Gasteiger partial charge in [0, 0.05) is 23.0 Å². The quantitative estimate of drug-likeness (QED) is 0.625. The van der Waals surface area contributed by atoms with Crippen molar-refractivity contribution < 1.29 is 22.8 Å². The first kappa shape index (κ1) is 23.6. The molecule has 0 aliphatic carbocycles. The van der Waals surface area contributed by atoms with Crippen molar-refractivity contribution in [1.82, 2.24) is 10.2 Å². The van der Waals surface area contributed by atoms with Crippen LogP contribution in [-0.4, -0.2) is 42.9 Å². The van der Waals surface area contributed by atoms with E-state index in [-0.39, 0.29) is 24.1 Å². The van der Waals surface area contributed by atoms with Crippen molar-refractivity contribution in [2.75, 3.05) is 31.5 Å². The van der Waals surface area contributed by atoms with Crippen LogP contribution in [0.5, 0.6) is 0 Å². The van der Waals surface area contributed by atoms with Crippen LogP contribution in [0.4, 0.5) is 18.9 Å². The molecule has 168 valence electrons. The van der Waals surface area contributed by atoms with Gasteiger partial charge in [0.15, 0.2) is 0 Å². The number of anilines is 1. The highest BCUT2D eigenvalue weighted by Crippen LogP contribution is 2.36. The Bertz CT molecular complexity index is 898. The van der Waals surface area contributed by atoms with E-state index in [9.17, 15) is 22.8 Å². The number of alkyl halides is 3. The molecule has 1 aromatic heterocycles. The van der Waals surface area contributed by atoms with Crippen LogP contribution in [-0.2, 0) is 22.2 Å². The molecule has 0 radical (unpaired) electrons. The van der Waals surface area contributed by atoms with Crippen molar-refractivity contribution in [1.29, 1.82) is 0 Å². The number of piperidine rings is 1. The monoisotopic (exact) mass is 473 g/mol. The van der Waals surface area contributed by atoms with Gasteiger partial charge in [0.05, 0.1) is 17.1 Å². The number of hydrogen-bond donors (Lipinski definition) is 2. The fraction of sp³-hybridized carbons (Fsp3) is 0.429. The zero-order valence-corrected chi connectivity index (χ0v) is 18.2. The van der Waals surface area contributed by atoms with Crippen molar-refractivity contribution in [2.24, 2.45) is 5.92 Å². The number of thiophene rings is 1. The standard InChI is InChI=1S/C21H23ClF3N3O2S/c22-18-4-3-15(12-17(18)21(23,24)25)27-19(29)13-28-9-6-14(7-10-28)20(30)26-8-5-16-2-1-11-31-16/h1-4,11-12,14H,5-10,13H2,(H,26,30)(H,27,29). The summed E-state index contributed by atoms with van der Waals surface area (Å²) in [6.45, 7) is 1.80. The molecule has 0 saturated carbocycles. The normalized spacial score (nSPS) is 15.6. The Morgan fingerprint density at radius 3 is 2.58 bits per heavy atom. The summed E-state index contributed by atoms with van der Waals surface area (Å²) in [5, 5.41) is 7.04. The average Bonchev–Trinajstić information content (AvgIpc) is 3.22. The minimum atomic E-state index is -4.59. The predicted octanol–water partition coefficient (Wildman–Crippen LogP) is 4.43. The molecule has 2 aromatic rings. The molecular weight excluding hydrogens is 451 g/mol. The Balaban J connectivity index is 1.41. The van der Waals surface area contributed by atoms with Crippen LogP contribution < -0.4 is 10.6 Å². The fourth-order valence-corrected chi connectivity index (χ4v) is 4.42. The van der Waals surface area contributed by atoms with Crippen molar-refractivity contribution in [3.63, 3.8) is 0 Å². The van der Waals surface area contributed by atoms with Gasteiger partial charge in [-0.1, -0.05) is 17.7 Å². The van der Waals surface area contributed by atoms with Crippen molar-refractivity contribution >= 4 is 40.4 Å². The molecule has 2 heterocycles. The molecule has 0 unspecified atom stereocenters. The third-order valence-electron chi connectivity index (χ3n) is 5.13. The van der Waals surface area contributed by atoms with Crippen LogP contribution in [0.15, 0.2) is 35.7 Å². The van der Waals surface area contributed by atoms with Crippen molar-refractivity contribution in [3.8, 4) is 0 Å². The maximum Gasteiger partial charge on any atom is 0.417 e. The molecule has 1 aliphatic rings. The summed E-state index contributed by atoms with van der Waals surface area (Å²) in [4.78, 5) is 27.7. The van der Waals surface area contributed by atoms with Gasteiger partial charge in [0.25, 0.3) is 0 Å². The number of halogens is 4. The first-order valence-electron chi connectivity index (χ1n) is 9.91. The van der Waals surface area contributed by atoms with E-state index in [1.54, 1.807) is 11.3 Å². The van der Waals surface area contributed by atoms with Gasteiger partial charge in [-0.05, 0) is 62.0 Å². The smallest absolute Gasteiger partial charge is 0.355 e. The number of carbonyl (C=O) groups is 2. The van der Waals surface area contributed by atoms with Crippen LogP contribution in [0.25, 0.3) is 0 Å². The van der Waals surface area contributed by atoms with Crippen LogP contribution in [0.3, 0.4) is 0 Å². The Morgan fingerprint density at radius 1 is 1.19 bits per heavy atom. The van der Waals surface area contributed by atoms with Crippen LogP contribution in [0, 0.1) is 5.92 Å². The van der Waals surface area contributed by atoms with E-state index in [4.69, 9.17) is 11.6 Å². The molecule has 1 aliphatic heterocycles. The lowest BCUT2D eigenvalue weighted by Gasteiger charge is -2.30. The number of likely N-dealkylation sites (tertiary alicyclic amines) is 1. The summed E-state index contributed by atoms with van der Waals surface area (Å²) in [6, 6.07) is 7.29. The van der Waals surface area contributed by atoms with Crippen LogP contribution in [0.1, 0.15) is 23.3 Å². The molecule has 1 aromatic carbocycles. The summed E-state index contributed by atoms with van der Waals surface area (Å²) >= 11 is 7.26. The van der Waals surface area contributed by atoms with Crippen molar-refractivity contribution in [2.45, 2.75) is 25.4 Å². The van der Waals surface area contributed by atoms with E-state index in [1.165, 1.54) is 10.9 Å². The van der Waals surface area contributed by atoms with Gasteiger partial charge < -0.3 is 10.6 Å². The van der Waals surface area contributed by atoms with E-state index in [1.807, 2.05) is 22.4 Å². The molecule has 0 atom stereocenters. The number of hydrogen-bond acceptors (Lipinski definition) is 4. The van der Waals surface area contributed by atoms with E-state index >= 15 is 0 Å². The number of rotatable bonds is 7. The zero-order valence-electron chi connectivity index (χ0n) is 16.7. The molecule has 31 heavy (non-hydrogen) atoms. The third kappa shape index (κ3) is 6.95. The zero-order chi connectivity index (χ0) is 22.4. The molecule has 2 amide bonds. The lowest BCUT2D eigenvalue weighted by atomic mass is 9.96. The SMILES string of the molecule is O=C(CN1CCC(C(=O)NCCc2cccs2)CC1)Nc1ccc(Cl)c(C(F)(F)F)c1. The van der Waals surface area contributed by atoms with E-state index in [0.29, 0.717) is 32.5 Å². The maximum absolute atomic E-state index is 13.0. The number of amides is 2. The summed E-state index contributed by atoms with van der Waals surface area (Å²) in [5.41, 5.74) is -0.945. The largest absolute Gasteiger partial charge is 0.417 e. The molecular formula is C21H23ClF3N3O2S. The fourth-order valence-electron chi connectivity index (χ4n) is 3.49. The Labute approximate surface area is 187 Å². The second-order valence-electron chi connectivity index (χ2n) is 7.41. The topological polar surface area (TPSA) is 61.4 Å². The van der Waals surface area contributed by atoms with Crippen LogP contribution in [0.2, 0.25) is 5.02 Å². The lowest BCUT2D eigenvalue weighted by molar-refractivity contribution is -0.137. The summed E-state index contributed by atoms with van der Waals surface area (Å²) in [7, 11) is 0. The number of benzene rings is 1. The van der Waals surface area contributed by atoms with E-state index < -0.39 is 22.7 Å². The minimum Gasteiger partial charge on any atom is -0.355 e. The summed E-state index contributed by atoms with van der Waals surface area (Å²) in [5.74, 6) is -0.468. The summed E-state index contributed by atoms with van der Waals surface area (Å²) < 4.78 is 38.9. The number of nitrogens with one attached hydrogen (secondary N) is 2. The minimum absolute atomic E-state index is 0.0292. The van der Waals surface area contributed by atoms with Gasteiger partial charge >= 0.3 is 6.18 Å². The second kappa shape index (κ2) is 10.5. The number of carbonyl (C=O) groups excluding carboxylic acids is 2.